The van der Waals surface area contributed by atoms with Crippen LogP contribution in [-0.4, -0.2) is 58.5 Å². The Morgan fingerprint density at radius 1 is 1.20 bits per heavy atom. The highest BCUT2D eigenvalue weighted by Crippen LogP contribution is 2.45. The third-order valence-corrected chi connectivity index (χ3v) is 7.77. The first-order valence-electron chi connectivity index (χ1n) is 8.32. The Morgan fingerprint density at radius 3 is 2.72 bits per heavy atom. The van der Waals surface area contributed by atoms with E-state index in [9.17, 15) is 8.42 Å². The summed E-state index contributed by atoms with van der Waals surface area (Å²) in [7, 11) is -3.11. The number of rotatable bonds is 5. The quantitative estimate of drug-likeness (QED) is 0.784. The molecule has 4 rings (SSSR count). The van der Waals surface area contributed by atoms with E-state index in [4.69, 9.17) is 4.74 Å². The van der Waals surface area contributed by atoms with E-state index < -0.39 is 14.6 Å². The summed E-state index contributed by atoms with van der Waals surface area (Å²) < 4.78 is 30.3. The predicted octanol–water partition coefficient (Wildman–Crippen LogP) is 0.940. The predicted molar refractivity (Wildman–Crippen MR) is 91.7 cm³/mol. The molecule has 132 valence electrons. The lowest BCUT2D eigenvalue weighted by Gasteiger charge is -2.49. The van der Waals surface area contributed by atoms with Crippen molar-refractivity contribution in [2.75, 3.05) is 25.4 Å². The molecule has 1 atom stereocenters. The van der Waals surface area contributed by atoms with Gasteiger partial charge in [0.05, 0.1) is 12.4 Å². The molecule has 0 aliphatic carbocycles. The molecule has 0 unspecified atom stereocenters. The smallest absolute Gasteiger partial charge is 0.316 e. The molecule has 25 heavy (non-hydrogen) atoms. The van der Waals surface area contributed by atoms with Crippen LogP contribution in [0.3, 0.4) is 0 Å². The Labute approximate surface area is 147 Å². The number of hydrogen-bond donors (Lipinski definition) is 0. The summed E-state index contributed by atoms with van der Waals surface area (Å²) in [5.41, 5.74) is 1.10. The van der Waals surface area contributed by atoms with Crippen LogP contribution in [0, 0.1) is 5.92 Å². The van der Waals surface area contributed by atoms with Crippen LogP contribution in [0.4, 0.5) is 0 Å². The summed E-state index contributed by atoms with van der Waals surface area (Å²) in [6.07, 6.45) is 7.42. The molecule has 1 spiro atoms. The number of nitrogens with zero attached hydrogens (tertiary/aromatic N) is 4. The summed E-state index contributed by atoms with van der Waals surface area (Å²) in [6.45, 7) is 2.16. The highest BCUT2D eigenvalue weighted by Gasteiger charge is 2.61. The van der Waals surface area contributed by atoms with E-state index in [2.05, 4.69) is 19.9 Å². The molecule has 2 fully saturated rings. The summed E-state index contributed by atoms with van der Waals surface area (Å²) in [6, 6.07) is 5.92. The van der Waals surface area contributed by atoms with Gasteiger partial charge in [0.1, 0.15) is 4.75 Å². The molecule has 0 radical (unpaired) electrons. The average Bonchev–Trinajstić information content (AvgIpc) is 2.86. The standard InChI is InChI=1S/C17H20N4O3S/c22-25(23)8-4-15(11-24-16-19-6-2-7-20-16)17(25)12-21(13-17)10-14-3-1-5-18-9-14/h1-3,5-7,9,15H,4,8,10-13H2/t15-/m0/s1. The summed E-state index contributed by atoms with van der Waals surface area (Å²) >= 11 is 0. The number of ether oxygens (including phenoxy) is 1. The maximum absolute atomic E-state index is 12.7. The monoisotopic (exact) mass is 360 g/mol. The Balaban J connectivity index is 1.43. The molecule has 0 N–H and O–H groups in total. The molecule has 2 aromatic heterocycles. The molecular weight excluding hydrogens is 340 g/mol. The van der Waals surface area contributed by atoms with Gasteiger partial charge >= 0.3 is 6.01 Å². The Hall–Kier alpha value is -2.06. The topological polar surface area (TPSA) is 85.3 Å². The van der Waals surface area contributed by atoms with Crippen LogP contribution >= 0.6 is 0 Å². The average molecular weight is 360 g/mol. The van der Waals surface area contributed by atoms with Crippen molar-refractivity contribution in [1.29, 1.82) is 0 Å². The van der Waals surface area contributed by atoms with Gasteiger partial charge in [-0.25, -0.2) is 18.4 Å². The number of pyridine rings is 1. The minimum Gasteiger partial charge on any atom is -0.463 e. The molecule has 0 aromatic carbocycles. The fraction of sp³-hybridized carbons (Fsp3) is 0.471. The van der Waals surface area contributed by atoms with Crippen molar-refractivity contribution in [3.63, 3.8) is 0 Å². The number of aromatic nitrogens is 3. The van der Waals surface area contributed by atoms with Gasteiger partial charge in [-0.3, -0.25) is 9.88 Å². The van der Waals surface area contributed by atoms with Crippen molar-refractivity contribution < 1.29 is 13.2 Å². The van der Waals surface area contributed by atoms with Gasteiger partial charge < -0.3 is 4.74 Å². The van der Waals surface area contributed by atoms with E-state index in [1.807, 2.05) is 18.3 Å². The fourth-order valence-electron chi connectivity index (χ4n) is 3.82. The van der Waals surface area contributed by atoms with Gasteiger partial charge in [0, 0.05) is 50.3 Å². The van der Waals surface area contributed by atoms with Crippen LogP contribution in [0.1, 0.15) is 12.0 Å². The molecule has 0 bridgehead atoms. The van der Waals surface area contributed by atoms with Crippen LogP contribution in [0.5, 0.6) is 6.01 Å². The molecule has 0 amide bonds. The van der Waals surface area contributed by atoms with E-state index in [1.165, 1.54) is 0 Å². The van der Waals surface area contributed by atoms with E-state index in [0.29, 0.717) is 32.1 Å². The SMILES string of the molecule is O=S1(=O)CC[C@@H](COc2ncccn2)C12CN(Cc1cccnc1)C2. The molecule has 8 heteroatoms. The van der Waals surface area contributed by atoms with Crippen molar-refractivity contribution in [3.8, 4) is 6.01 Å². The maximum Gasteiger partial charge on any atom is 0.316 e. The number of likely N-dealkylation sites (tertiary alicyclic amines) is 1. The second-order valence-electron chi connectivity index (χ2n) is 6.72. The molecule has 2 saturated heterocycles. The second-order valence-corrected chi connectivity index (χ2v) is 9.17. The highest BCUT2D eigenvalue weighted by molar-refractivity contribution is 7.93. The Bertz CT molecular complexity index is 823. The largest absolute Gasteiger partial charge is 0.463 e. The van der Waals surface area contributed by atoms with Crippen molar-refractivity contribution in [2.45, 2.75) is 17.7 Å². The van der Waals surface area contributed by atoms with Gasteiger partial charge in [-0.05, 0) is 24.1 Å². The van der Waals surface area contributed by atoms with Crippen LogP contribution < -0.4 is 4.74 Å². The van der Waals surface area contributed by atoms with Gasteiger partial charge in [-0.2, -0.15) is 0 Å². The van der Waals surface area contributed by atoms with Gasteiger partial charge in [0.15, 0.2) is 9.84 Å². The first-order valence-corrected chi connectivity index (χ1v) is 9.98. The molecule has 4 heterocycles. The molecule has 2 aliphatic rings. The van der Waals surface area contributed by atoms with Gasteiger partial charge in [-0.15, -0.1) is 0 Å². The van der Waals surface area contributed by atoms with Crippen LogP contribution in [0.25, 0.3) is 0 Å². The lowest BCUT2D eigenvalue weighted by molar-refractivity contribution is 0.0571. The summed E-state index contributed by atoms with van der Waals surface area (Å²) in [4.78, 5) is 14.3. The molecule has 2 aromatic rings. The van der Waals surface area contributed by atoms with Gasteiger partial charge in [0.2, 0.25) is 0 Å². The minimum atomic E-state index is -3.11. The Morgan fingerprint density at radius 2 is 2.00 bits per heavy atom. The van der Waals surface area contributed by atoms with Crippen molar-refractivity contribution in [1.82, 2.24) is 19.9 Å². The lowest BCUT2D eigenvalue weighted by Crippen LogP contribution is -2.67. The summed E-state index contributed by atoms with van der Waals surface area (Å²) in [5.74, 6) is 0.212. The third-order valence-electron chi connectivity index (χ3n) is 5.17. The third kappa shape index (κ3) is 3.00. The van der Waals surface area contributed by atoms with E-state index >= 15 is 0 Å². The first kappa shape index (κ1) is 16.4. The fourth-order valence-corrected chi connectivity index (χ4v) is 6.27. The van der Waals surface area contributed by atoms with Crippen LogP contribution in [0.2, 0.25) is 0 Å². The second kappa shape index (κ2) is 6.34. The number of sulfone groups is 1. The summed E-state index contributed by atoms with van der Waals surface area (Å²) in [5, 5.41) is 0. The van der Waals surface area contributed by atoms with Crippen molar-refractivity contribution in [3.05, 3.63) is 48.5 Å². The Kier molecular flexibility index (Phi) is 4.16. The minimum absolute atomic E-state index is 0.0218. The van der Waals surface area contributed by atoms with Gasteiger partial charge in [-0.1, -0.05) is 6.07 Å². The van der Waals surface area contributed by atoms with Crippen molar-refractivity contribution >= 4 is 9.84 Å². The van der Waals surface area contributed by atoms with E-state index in [-0.39, 0.29) is 11.7 Å². The van der Waals surface area contributed by atoms with E-state index in [1.54, 1.807) is 24.7 Å². The van der Waals surface area contributed by atoms with Crippen LogP contribution in [-0.2, 0) is 16.4 Å². The first-order chi connectivity index (χ1) is 12.1. The highest BCUT2D eigenvalue weighted by atomic mass is 32.2. The lowest BCUT2D eigenvalue weighted by atomic mass is 9.83. The maximum atomic E-state index is 12.7. The zero-order chi connectivity index (χ0) is 17.3. The number of hydrogen-bond acceptors (Lipinski definition) is 7. The van der Waals surface area contributed by atoms with Crippen LogP contribution in [0.15, 0.2) is 43.0 Å². The molecule has 0 saturated carbocycles. The molecule has 2 aliphatic heterocycles. The van der Waals surface area contributed by atoms with Gasteiger partial charge in [0.25, 0.3) is 0 Å². The normalized spacial score (nSPS) is 24.1. The van der Waals surface area contributed by atoms with Crippen molar-refractivity contribution in [2.24, 2.45) is 5.92 Å². The molecule has 7 nitrogen and oxygen atoms in total. The molecular formula is C17H20N4O3S. The zero-order valence-electron chi connectivity index (χ0n) is 13.8. The zero-order valence-corrected chi connectivity index (χ0v) is 14.6. The van der Waals surface area contributed by atoms with E-state index in [0.717, 1.165) is 12.1 Å².